The molecule has 0 aliphatic heterocycles. The van der Waals surface area contributed by atoms with E-state index in [-0.39, 0.29) is 11.1 Å². The minimum absolute atomic E-state index is 0.0591. The number of hydrogen-bond acceptors (Lipinski definition) is 6. The third-order valence-electron chi connectivity index (χ3n) is 2.27. The molecule has 7 nitrogen and oxygen atoms in total. The normalized spacial score (nSPS) is 14.1. The number of nitrogens with zero attached hydrogens (tertiary/aromatic N) is 1. The van der Waals surface area contributed by atoms with Crippen molar-refractivity contribution in [2.24, 2.45) is 0 Å². The molecule has 0 fully saturated rings. The number of hydrogen-bond donors (Lipinski definition) is 3. The molecule has 0 spiro atoms. The Morgan fingerprint density at radius 1 is 1.41 bits per heavy atom. The second-order valence-electron chi connectivity index (χ2n) is 3.39. The molecule has 1 rings (SSSR count). The second kappa shape index (κ2) is 5.48. The Labute approximate surface area is 96.1 Å². The molecule has 2 atom stereocenters. The van der Waals surface area contributed by atoms with E-state index in [1.807, 2.05) is 0 Å². The van der Waals surface area contributed by atoms with Gasteiger partial charge in [-0.15, -0.1) is 0 Å². The number of rotatable bonds is 5. The van der Waals surface area contributed by atoms with Gasteiger partial charge in [0.05, 0.1) is 17.1 Å². The molecule has 0 bridgehead atoms. The fourth-order valence-electron chi connectivity index (χ4n) is 1.32. The predicted octanol–water partition coefficient (Wildman–Crippen LogP) is -0.206. The third kappa shape index (κ3) is 2.84. The maximum atomic E-state index is 10.6. The number of nitro groups is 1. The topological polar surface area (TPSA) is 121 Å². The van der Waals surface area contributed by atoms with E-state index in [4.69, 9.17) is 5.11 Å². The number of aldehydes is 1. The lowest BCUT2D eigenvalue weighted by molar-refractivity contribution is -0.385. The van der Waals surface area contributed by atoms with Crippen molar-refractivity contribution < 1.29 is 25.0 Å². The zero-order valence-corrected chi connectivity index (χ0v) is 8.68. The Morgan fingerprint density at radius 3 is 2.53 bits per heavy atom. The largest absolute Gasteiger partial charge is 0.394 e. The van der Waals surface area contributed by atoms with Crippen LogP contribution in [0.4, 0.5) is 5.69 Å². The molecule has 0 amide bonds. The first-order valence-electron chi connectivity index (χ1n) is 4.71. The fraction of sp³-hybridized carbons (Fsp3) is 0.300. The van der Waals surface area contributed by atoms with Gasteiger partial charge in [0.15, 0.2) is 6.29 Å². The van der Waals surface area contributed by atoms with E-state index in [0.717, 1.165) is 6.07 Å². The van der Waals surface area contributed by atoms with E-state index in [1.54, 1.807) is 0 Å². The summed E-state index contributed by atoms with van der Waals surface area (Å²) in [6.07, 6.45) is -2.55. The molecule has 17 heavy (non-hydrogen) atoms. The van der Waals surface area contributed by atoms with Crippen molar-refractivity contribution in [2.45, 2.75) is 12.2 Å². The summed E-state index contributed by atoms with van der Waals surface area (Å²) in [6, 6.07) is 3.45. The van der Waals surface area contributed by atoms with E-state index in [2.05, 4.69) is 0 Å². The SMILES string of the molecule is O=Cc1ccc(C(O)C(O)CO)cc1[N+](=O)[O-]. The number of benzene rings is 1. The van der Waals surface area contributed by atoms with Gasteiger partial charge in [0.2, 0.25) is 0 Å². The molecule has 0 radical (unpaired) electrons. The number of nitro benzene ring substituents is 1. The van der Waals surface area contributed by atoms with E-state index < -0.39 is 29.4 Å². The minimum atomic E-state index is -1.44. The molecule has 1 aromatic rings. The van der Waals surface area contributed by atoms with Crippen LogP contribution in [0.25, 0.3) is 0 Å². The van der Waals surface area contributed by atoms with Gasteiger partial charge >= 0.3 is 0 Å². The second-order valence-corrected chi connectivity index (χ2v) is 3.39. The number of aliphatic hydroxyl groups excluding tert-OH is 3. The van der Waals surface area contributed by atoms with Crippen molar-refractivity contribution >= 4 is 12.0 Å². The van der Waals surface area contributed by atoms with Gasteiger partial charge in [0.25, 0.3) is 5.69 Å². The van der Waals surface area contributed by atoms with Gasteiger partial charge in [-0.2, -0.15) is 0 Å². The summed E-state index contributed by atoms with van der Waals surface area (Å²) in [4.78, 5) is 20.4. The van der Waals surface area contributed by atoms with E-state index in [0.29, 0.717) is 6.29 Å². The van der Waals surface area contributed by atoms with Crippen LogP contribution in [0, 0.1) is 10.1 Å². The van der Waals surface area contributed by atoms with Gasteiger partial charge < -0.3 is 15.3 Å². The molecule has 0 heterocycles. The molecule has 0 aromatic heterocycles. The van der Waals surface area contributed by atoms with E-state index in [1.165, 1.54) is 12.1 Å². The Morgan fingerprint density at radius 2 is 2.06 bits per heavy atom. The van der Waals surface area contributed by atoms with Crippen LogP contribution in [-0.4, -0.2) is 39.2 Å². The quantitative estimate of drug-likeness (QED) is 0.372. The van der Waals surface area contributed by atoms with E-state index >= 15 is 0 Å². The molecule has 3 N–H and O–H groups in total. The lowest BCUT2D eigenvalue weighted by Crippen LogP contribution is -2.22. The first-order valence-corrected chi connectivity index (χ1v) is 4.71. The highest BCUT2D eigenvalue weighted by molar-refractivity contribution is 5.81. The number of aliphatic hydroxyl groups is 3. The van der Waals surface area contributed by atoms with E-state index in [9.17, 15) is 25.1 Å². The first kappa shape index (κ1) is 13.2. The minimum Gasteiger partial charge on any atom is -0.394 e. The monoisotopic (exact) mass is 241 g/mol. The van der Waals surface area contributed by atoms with Crippen molar-refractivity contribution in [1.82, 2.24) is 0 Å². The lowest BCUT2D eigenvalue weighted by atomic mass is 10.0. The van der Waals surface area contributed by atoms with Gasteiger partial charge in [-0.3, -0.25) is 14.9 Å². The van der Waals surface area contributed by atoms with Gasteiger partial charge in [-0.1, -0.05) is 6.07 Å². The van der Waals surface area contributed by atoms with Gasteiger partial charge in [0, 0.05) is 6.07 Å². The fourth-order valence-corrected chi connectivity index (χ4v) is 1.32. The molecule has 0 saturated heterocycles. The van der Waals surface area contributed by atoms with Crippen molar-refractivity contribution in [2.75, 3.05) is 6.61 Å². The molecule has 0 aliphatic rings. The summed E-state index contributed by atoms with van der Waals surface area (Å²) in [5.41, 5.74) is -0.519. The maximum Gasteiger partial charge on any atom is 0.280 e. The Hall–Kier alpha value is -1.83. The summed E-state index contributed by atoms with van der Waals surface area (Å²) in [7, 11) is 0. The highest BCUT2D eigenvalue weighted by atomic mass is 16.6. The Bertz CT molecular complexity index is 433. The van der Waals surface area contributed by atoms with Crippen LogP contribution >= 0.6 is 0 Å². The molecular weight excluding hydrogens is 230 g/mol. The molecule has 92 valence electrons. The average Bonchev–Trinajstić information content (AvgIpc) is 2.35. The van der Waals surface area contributed by atoms with Crippen LogP contribution in [0.1, 0.15) is 22.0 Å². The van der Waals surface area contributed by atoms with Crippen LogP contribution in [0.15, 0.2) is 18.2 Å². The summed E-state index contributed by atoms with van der Waals surface area (Å²) < 4.78 is 0. The standard InChI is InChI=1S/C10H11NO6/c12-4-7-2-1-6(3-8(7)11(16)17)10(15)9(14)5-13/h1-4,9-10,13-15H,5H2. The number of carbonyl (C=O) groups is 1. The Balaban J connectivity index is 3.16. The van der Waals surface area contributed by atoms with Gasteiger partial charge in [-0.25, -0.2) is 0 Å². The number of carbonyl (C=O) groups excluding carboxylic acids is 1. The molecule has 1 aromatic carbocycles. The van der Waals surface area contributed by atoms with Crippen LogP contribution in [0.5, 0.6) is 0 Å². The van der Waals surface area contributed by atoms with Crippen molar-refractivity contribution in [3.8, 4) is 0 Å². The van der Waals surface area contributed by atoms with Crippen LogP contribution in [0.2, 0.25) is 0 Å². The van der Waals surface area contributed by atoms with Crippen LogP contribution in [-0.2, 0) is 0 Å². The third-order valence-corrected chi connectivity index (χ3v) is 2.27. The van der Waals surface area contributed by atoms with Crippen molar-refractivity contribution in [1.29, 1.82) is 0 Å². The molecule has 0 aliphatic carbocycles. The first-order chi connectivity index (χ1) is 8.01. The predicted molar refractivity (Wildman–Crippen MR) is 56.5 cm³/mol. The summed E-state index contributed by atoms with van der Waals surface area (Å²) in [5.74, 6) is 0. The molecule has 2 unspecified atom stereocenters. The summed E-state index contributed by atoms with van der Waals surface area (Å²) in [5, 5.41) is 38.0. The summed E-state index contributed by atoms with van der Waals surface area (Å²) >= 11 is 0. The lowest BCUT2D eigenvalue weighted by Gasteiger charge is -2.15. The Kier molecular flexibility index (Phi) is 4.27. The maximum absolute atomic E-state index is 10.6. The highest BCUT2D eigenvalue weighted by Gasteiger charge is 2.21. The van der Waals surface area contributed by atoms with Crippen LogP contribution < -0.4 is 0 Å². The summed E-state index contributed by atoms with van der Waals surface area (Å²) in [6.45, 7) is -0.676. The smallest absolute Gasteiger partial charge is 0.280 e. The van der Waals surface area contributed by atoms with Crippen LogP contribution in [0.3, 0.4) is 0 Å². The molecule has 0 saturated carbocycles. The van der Waals surface area contributed by atoms with Gasteiger partial charge in [-0.05, 0) is 11.6 Å². The van der Waals surface area contributed by atoms with Crippen molar-refractivity contribution in [3.63, 3.8) is 0 Å². The zero-order valence-electron chi connectivity index (χ0n) is 8.68. The highest BCUT2D eigenvalue weighted by Crippen LogP contribution is 2.24. The zero-order chi connectivity index (χ0) is 13.0. The molecule has 7 heteroatoms. The molecular formula is C10H11NO6. The average molecular weight is 241 g/mol. The van der Waals surface area contributed by atoms with Gasteiger partial charge in [0.1, 0.15) is 12.2 Å². The van der Waals surface area contributed by atoms with Crippen molar-refractivity contribution in [3.05, 3.63) is 39.4 Å².